The second-order valence-electron chi connectivity index (χ2n) is 8.01. The van der Waals surface area contributed by atoms with Crippen LogP contribution in [0, 0.1) is 18.7 Å². The highest BCUT2D eigenvalue weighted by Crippen LogP contribution is 2.31. The fourth-order valence-corrected chi connectivity index (χ4v) is 4.47. The number of benzene rings is 1. The number of halogens is 2. The van der Waals surface area contributed by atoms with Crippen LogP contribution in [0.2, 0.25) is 0 Å². The van der Waals surface area contributed by atoms with Crippen molar-refractivity contribution in [3.63, 3.8) is 0 Å². The summed E-state index contributed by atoms with van der Waals surface area (Å²) >= 11 is 0. The average Bonchev–Trinajstić information content (AvgIpc) is 3.24. The number of nitrogens with zero attached hydrogens (tertiary/aromatic N) is 3. The van der Waals surface area contributed by atoms with Crippen molar-refractivity contribution in [2.75, 3.05) is 13.1 Å². The van der Waals surface area contributed by atoms with Crippen molar-refractivity contribution in [3.8, 4) is 5.69 Å². The van der Waals surface area contributed by atoms with Gasteiger partial charge in [0, 0.05) is 30.4 Å². The molecule has 28 heavy (non-hydrogen) atoms. The van der Waals surface area contributed by atoms with Crippen molar-refractivity contribution >= 4 is 18.3 Å². The summed E-state index contributed by atoms with van der Waals surface area (Å²) in [6.07, 6.45) is 4.52. The molecule has 2 aromatic rings. The molecule has 1 amide bonds. The molecular weight excluding hydrogens is 379 g/mol. The van der Waals surface area contributed by atoms with Crippen LogP contribution in [-0.4, -0.2) is 39.7 Å². The number of fused-ring (bicyclic) bond motifs is 1. The van der Waals surface area contributed by atoms with Gasteiger partial charge in [-0.25, -0.2) is 9.07 Å². The third-order valence-corrected chi connectivity index (χ3v) is 5.98. The summed E-state index contributed by atoms with van der Waals surface area (Å²) in [5, 5.41) is 4.60. The van der Waals surface area contributed by atoms with Gasteiger partial charge < -0.3 is 10.6 Å². The van der Waals surface area contributed by atoms with Crippen molar-refractivity contribution in [1.29, 1.82) is 0 Å². The van der Waals surface area contributed by atoms with Crippen LogP contribution in [0.4, 0.5) is 4.39 Å². The first-order chi connectivity index (χ1) is 13.0. The summed E-state index contributed by atoms with van der Waals surface area (Å²) < 4.78 is 16.2. The molecule has 5 nitrogen and oxygen atoms in total. The zero-order chi connectivity index (χ0) is 19.1. The molecule has 0 bridgehead atoms. The fourth-order valence-electron chi connectivity index (χ4n) is 4.47. The number of hydrogen-bond acceptors (Lipinski definition) is 3. The van der Waals surface area contributed by atoms with E-state index in [2.05, 4.69) is 12.0 Å². The molecule has 0 spiro atoms. The smallest absolute Gasteiger partial charge is 0.274 e. The van der Waals surface area contributed by atoms with Crippen LogP contribution < -0.4 is 5.73 Å². The molecule has 2 unspecified atom stereocenters. The predicted octanol–water partition coefficient (Wildman–Crippen LogP) is 3.43. The van der Waals surface area contributed by atoms with Crippen molar-refractivity contribution in [1.82, 2.24) is 14.7 Å². The van der Waals surface area contributed by atoms with Crippen LogP contribution in [0.3, 0.4) is 0 Å². The van der Waals surface area contributed by atoms with Crippen LogP contribution in [0.25, 0.3) is 5.69 Å². The second-order valence-corrected chi connectivity index (χ2v) is 8.01. The zero-order valence-corrected chi connectivity index (χ0v) is 17.3. The van der Waals surface area contributed by atoms with E-state index >= 15 is 0 Å². The molecule has 1 aromatic carbocycles. The minimum atomic E-state index is -0.308. The molecule has 2 heterocycles. The molecule has 2 aliphatic rings. The number of piperidine rings is 1. The van der Waals surface area contributed by atoms with Crippen molar-refractivity contribution in [2.24, 2.45) is 11.7 Å². The predicted molar refractivity (Wildman–Crippen MR) is 110 cm³/mol. The molecule has 0 radical (unpaired) electrons. The Labute approximate surface area is 171 Å². The maximum atomic E-state index is 14.6. The standard InChI is InChI=1S/C21H27FN4O.ClH/c1-13-6-7-19(17(22)11-13)26-18-5-3-4-16(18)20(24-26)21(27)25-9-8-14(2)10-15(25)12-23;/h6-7,11,14-15H,3-5,8-10,12,23H2,1-2H3;1H. The Morgan fingerprint density at radius 1 is 1.36 bits per heavy atom. The molecule has 2 N–H and O–H groups in total. The first-order valence-corrected chi connectivity index (χ1v) is 9.88. The summed E-state index contributed by atoms with van der Waals surface area (Å²) in [4.78, 5) is 15.2. The van der Waals surface area contributed by atoms with Crippen LogP contribution in [0.15, 0.2) is 18.2 Å². The number of likely N-dealkylation sites (tertiary alicyclic amines) is 1. The Hall–Kier alpha value is -1.92. The Bertz CT molecular complexity index is 882. The van der Waals surface area contributed by atoms with Crippen molar-refractivity contribution < 1.29 is 9.18 Å². The quantitative estimate of drug-likeness (QED) is 0.849. The molecule has 1 aliphatic carbocycles. The Morgan fingerprint density at radius 2 is 2.14 bits per heavy atom. The minimum Gasteiger partial charge on any atom is -0.333 e. The van der Waals surface area contributed by atoms with Crippen LogP contribution >= 0.6 is 12.4 Å². The SMILES string of the molecule is Cc1ccc(-n2nc(C(=O)N3CCC(C)CC3CN)c3c2CCC3)c(F)c1.Cl. The third kappa shape index (κ3) is 3.55. The number of carbonyl (C=O) groups excluding carboxylic acids is 1. The maximum Gasteiger partial charge on any atom is 0.274 e. The lowest BCUT2D eigenvalue weighted by Crippen LogP contribution is -2.49. The first-order valence-electron chi connectivity index (χ1n) is 9.88. The highest BCUT2D eigenvalue weighted by Gasteiger charge is 2.34. The molecule has 1 aliphatic heterocycles. The number of hydrogen-bond donors (Lipinski definition) is 1. The van der Waals surface area contributed by atoms with E-state index in [4.69, 9.17) is 5.73 Å². The Kier molecular flexibility index (Phi) is 6.10. The van der Waals surface area contributed by atoms with Gasteiger partial charge in [-0.15, -0.1) is 12.4 Å². The van der Waals surface area contributed by atoms with Crippen LogP contribution in [0.1, 0.15) is 53.5 Å². The zero-order valence-electron chi connectivity index (χ0n) is 16.4. The van der Waals surface area contributed by atoms with Gasteiger partial charge in [-0.1, -0.05) is 13.0 Å². The largest absolute Gasteiger partial charge is 0.333 e. The summed E-state index contributed by atoms with van der Waals surface area (Å²) in [5.74, 6) is 0.215. The number of nitrogens with two attached hydrogens (primary N) is 1. The second kappa shape index (κ2) is 8.21. The van der Waals surface area contributed by atoms with Gasteiger partial charge in [0.15, 0.2) is 5.69 Å². The van der Waals surface area contributed by atoms with Gasteiger partial charge in [0.2, 0.25) is 0 Å². The number of aryl methyl sites for hydroxylation is 1. The van der Waals surface area contributed by atoms with E-state index < -0.39 is 0 Å². The van der Waals surface area contributed by atoms with Gasteiger partial charge in [-0.2, -0.15) is 5.10 Å². The van der Waals surface area contributed by atoms with Gasteiger partial charge in [-0.3, -0.25) is 4.79 Å². The van der Waals surface area contributed by atoms with E-state index in [0.717, 1.165) is 48.9 Å². The van der Waals surface area contributed by atoms with E-state index in [9.17, 15) is 9.18 Å². The summed E-state index contributed by atoms with van der Waals surface area (Å²) in [6.45, 7) is 5.24. The normalized spacial score (nSPS) is 21.4. The summed E-state index contributed by atoms with van der Waals surface area (Å²) in [6, 6.07) is 5.19. The molecule has 0 saturated carbocycles. The molecular formula is C21H28ClFN4O. The van der Waals surface area contributed by atoms with Crippen molar-refractivity contribution in [2.45, 2.75) is 52.0 Å². The highest BCUT2D eigenvalue weighted by molar-refractivity contribution is 5.94. The highest BCUT2D eigenvalue weighted by atomic mass is 35.5. The van der Waals surface area contributed by atoms with E-state index in [1.165, 1.54) is 6.07 Å². The lowest BCUT2D eigenvalue weighted by atomic mass is 9.92. The fraction of sp³-hybridized carbons (Fsp3) is 0.524. The topological polar surface area (TPSA) is 64.2 Å². The molecule has 2 atom stereocenters. The number of rotatable bonds is 3. The third-order valence-electron chi connectivity index (χ3n) is 5.98. The van der Waals surface area contributed by atoms with E-state index in [0.29, 0.717) is 30.4 Å². The monoisotopic (exact) mass is 406 g/mol. The first kappa shape index (κ1) is 20.8. The van der Waals surface area contributed by atoms with Gasteiger partial charge in [0.25, 0.3) is 5.91 Å². The van der Waals surface area contributed by atoms with E-state index in [1.54, 1.807) is 10.7 Å². The number of aromatic nitrogens is 2. The van der Waals surface area contributed by atoms with E-state index in [1.807, 2.05) is 17.9 Å². The maximum absolute atomic E-state index is 14.6. The molecule has 4 rings (SSSR count). The molecule has 7 heteroatoms. The average molecular weight is 407 g/mol. The van der Waals surface area contributed by atoms with Gasteiger partial charge in [0.1, 0.15) is 11.5 Å². The van der Waals surface area contributed by atoms with Crippen LogP contribution in [0.5, 0.6) is 0 Å². The van der Waals surface area contributed by atoms with Crippen molar-refractivity contribution in [3.05, 3.63) is 46.5 Å². The Morgan fingerprint density at radius 3 is 2.86 bits per heavy atom. The molecule has 1 aromatic heterocycles. The van der Waals surface area contributed by atoms with E-state index in [-0.39, 0.29) is 30.2 Å². The molecule has 1 saturated heterocycles. The molecule has 1 fully saturated rings. The van der Waals surface area contributed by atoms with Crippen LogP contribution in [-0.2, 0) is 12.8 Å². The summed E-state index contributed by atoms with van der Waals surface area (Å²) in [5.41, 5.74) is 9.66. The lowest BCUT2D eigenvalue weighted by Gasteiger charge is -2.37. The number of carbonyl (C=O) groups is 1. The van der Waals surface area contributed by atoms with Gasteiger partial charge >= 0.3 is 0 Å². The number of amides is 1. The molecule has 152 valence electrons. The Balaban J connectivity index is 0.00000225. The van der Waals surface area contributed by atoms with Gasteiger partial charge in [0.05, 0.1) is 0 Å². The lowest BCUT2D eigenvalue weighted by molar-refractivity contribution is 0.0566. The minimum absolute atomic E-state index is 0. The summed E-state index contributed by atoms with van der Waals surface area (Å²) in [7, 11) is 0. The van der Waals surface area contributed by atoms with Gasteiger partial charge in [-0.05, 0) is 62.6 Å².